The zero-order valence-corrected chi connectivity index (χ0v) is 18.9. The summed E-state index contributed by atoms with van der Waals surface area (Å²) >= 11 is 0. The molecular weight excluding hydrogens is 412 g/mol. The Labute approximate surface area is 188 Å². The molecule has 0 radical (unpaired) electrons. The van der Waals surface area contributed by atoms with Crippen molar-refractivity contribution in [2.24, 2.45) is 5.92 Å². The molecule has 4 atom stereocenters. The van der Waals surface area contributed by atoms with Crippen molar-refractivity contribution in [3.63, 3.8) is 0 Å². The molecule has 3 rings (SSSR count). The van der Waals surface area contributed by atoms with Crippen LogP contribution in [0.3, 0.4) is 0 Å². The topological polar surface area (TPSA) is 128 Å². The monoisotopic (exact) mass is 446 g/mol. The van der Waals surface area contributed by atoms with Gasteiger partial charge in [0.2, 0.25) is 11.8 Å². The Hall–Kier alpha value is -2.84. The molecule has 2 aliphatic carbocycles. The van der Waals surface area contributed by atoms with Crippen molar-refractivity contribution in [2.75, 3.05) is 6.54 Å². The van der Waals surface area contributed by atoms with Crippen LogP contribution in [0.4, 0.5) is 4.79 Å². The third kappa shape index (κ3) is 4.66. The standard InChI is InChI=1S/C23H34N4O5/c1-5-15-13-23(15,20(30)31)25-18(28)16-9-8-12-27(16)19(29)17(14(2)3)24-21(32)26-22(4)10-6-7-11-22/h5,15-17H,1-2,6-13H2,3-4H3,(H,25,28)(H,30,31)(H2,24,26,32)/t15-,16+,17+,23-/m1/s1. The fraction of sp³-hybridized carbons (Fsp3) is 0.652. The predicted molar refractivity (Wildman–Crippen MR) is 119 cm³/mol. The zero-order chi connectivity index (χ0) is 23.7. The number of urea groups is 1. The Morgan fingerprint density at radius 1 is 1.16 bits per heavy atom. The van der Waals surface area contributed by atoms with Crippen molar-refractivity contribution < 1.29 is 24.3 Å². The van der Waals surface area contributed by atoms with Gasteiger partial charge in [-0.3, -0.25) is 9.59 Å². The molecule has 176 valence electrons. The lowest BCUT2D eigenvalue weighted by Crippen LogP contribution is -2.58. The number of carbonyl (C=O) groups excluding carboxylic acids is 3. The summed E-state index contributed by atoms with van der Waals surface area (Å²) in [5.74, 6) is -2.35. The number of carboxylic acids is 1. The number of likely N-dealkylation sites (tertiary alicyclic amines) is 1. The first-order chi connectivity index (χ1) is 15.0. The largest absolute Gasteiger partial charge is 0.479 e. The smallest absolute Gasteiger partial charge is 0.330 e. The van der Waals surface area contributed by atoms with Gasteiger partial charge in [-0.2, -0.15) is 0 Å². The highest BCUT2D eigenvalue weighted by Crippen LogP contribution is 2.44. The molecular formula is C23H34N4O5. The van der Waals surface area contributed by atoms with Crippen LogP contribution in [-0.4, -0.2) is 63.5 Å². The minimum absolute atomic E-state index is 0.285. The molecule has 9 nitrogen and oxygen atoms in total. The first-order valence-corrected chi connectivity index (χ1v) is 11.3. The van der Waals surface area contributed by atoms with Crippen molar-refractivity contribution in [1.29, 1.82) is 0 Å². The summed E-state index contributed by atoms with van der Waals surface area (Å²) < 4.78 is 0. The van der Waals surface area contributed by atoms with Gasteiger partial charge >= 0.3 is 12.0 Å². The Morgan fingerprint density at radius 3 is 2.34 bits per heavy atom. The fourth-order valence-corrected chi connectivity index (χ4v) is 4.90. The molecule has 0 spiro atoms. The quantitative estimate of drug-likeness (QED) is 0.422. The lowest BCUT2D eigenvalue weighted by molar-refractivity contribution is -0.145. The summed E-state index contributed by atoms with van der Waals surface area (Å²) in [7, 11) is 0. The summed E-state index contributed by atoms with van der Waals surface area (Å²) in [6.07, 6.45) is 6.73. The molecule has 0 aromatic heterocycles. The normalized spacial score (nSPS) is 29.0. The van der Waals surface area contributed by atoms with E-state index in [1.807, 2.05) is 6.92 Å². The van der Waals surface area contributed by atoms with E-state index in [4.69, 9.17) is 0 Å². The van der Waals surface area contributed by atoms with Crippen molar-refractivity contribution in [3.05, 3.63) is 24.8 Å². The van der Waals surface area contributed by atoms with E-state index in [0.29, 0.717) is 25.0 Å². The van der Waals surface area contributed by atoms with Gasteiger partial charge < -0.3 is 26.0 Å². The number of carbonyl (C=O) groups is 4. The number of nitrogens with zero attached hydrogens (tertiary/aromatic N) is 1. The van der Waals surface area contributed by atoms with Gasteiger partial charge in [0.15, 0.2) is 0 Å². The number of hydrogen-bond acceptors (Lipinski definition) is 4. The van der Waals surface area contributed by atoms with E-state index in [2.05, 4.69) is 29.1 Å². The van der Waals surface area contributed by atoms with E-state index in [0.717, 1.165) is 25.7 Å². The second kappa shape index (κ2) is 8.96. The molecule has 3 aliphatic rings. The summed E-state index contributed by atoms with van der Waals surface area (Å²) in [6, 6.07) is -2.19. The fourth-order valence-electron chi connectivity index (χ4n) is 4.90. The van der Waals surface area contributed by atoms with Gasteiger partial charge in [0, 0.05) is 18.0 Å². The van der Waals surface area contributed by atoms with E-state index in [1.165, 1.54) is 11.0 Å². The van der Waals surface area contributed by atoms with E-state index < -0.39 is 41.4 Å². The summed E-state index contributed by atoms with van der Waals surface area (Å²) in [4.78, 5) is 52.0. The molecule has 9 heteroatoms. The second-order valence-electron chi connectivity index (χ2n) is 9.65. The van der Waals surface area contributed by atoms with E-state index in [9.17, 15) is 24.3 Å². The summed E-state index contributed by atoms with van der Waals surface area (Å²) in [5.41, 5.74) is -1.18. The van der Waals surface area contributed by atoms with Crippen LogP contribution in [-0.2, 0) is 14.4 Å². The van der Waals surface area contributed by atoms with Crippen LogP contribution in [0.15, 0.2) is 24.8 Å². The maximum Gasteiger partial charge on any atom is 0.330 e. The minimum atomic E-state index is -1.35. The summed E-state index contributed by atoms with van der Waals surface area (Å²) in [6.45, 7) is 11.5. The van der Waals surface area contributed by atoms with Crippen molar-refractivity contribution in [3.8, 4) is 0 Å². The number of aliphatic carboxylic acids is 1. The Balaban J connectivity index is 1.67. The van der Waals surface area contributed by atoms with Gasteiger partial charge in [0.1, 0.15) is 17.6 Å². The van der Waals surface area contributed by atoms with Crippen LogP contribution in [0.25, 0.3) is 0 Å². The summed E-state index contributed by atoms with van der Waals surface area (Å²) in [5, 5.41) is 17.9. The molecule has 0 aromatic carbocycles. The molecule has 0 unspecified atom stereocenters. The second-order valence-corrected chi connectivity index (χ2v) is 9.65. The Kier molecular flexibility index (Phi) is 6.67. The third-order valence-electron chi connectivity index (χ3n) is 7.00. The van der Waals surface area contributed by atoms with Crippen molar-refractivity contribution >= 4 is 23.8 Å². The molecule has 1 heterocycles. The van der Waals surface area contributed by atoms with Gasteiger partial charge in [-0.05, 0) is 51.5 Å². The number of rotatable bonds is 8. The molecule has 4 N–H and O–H groups in total. The maximum atomic E-state index is 13.3. The van der Waals surface area contributed by atoms with Crippen LogP contribution in [0.1, 0.15) is 58.8 Å². The highest BCUT2D eigenvalue weighted by molar-refractivity contribution is 5.97. The van der Waals surface area contributed by atoms with Gasteiger partial charge in [0.25, 0.3) is 0 Å². The van der Waals surface area contributed by atoms with Crippen LogP contribution < -0.4 is 16.0 Å². The van der Waals surface area contributed by atoms with Gasteiger partial charge in [-0.15, -0.1) is 6.58 Å². The highest BCUT2D eigenvalue weighted by Gasteiger charge is 2.61. The van der Waals surface area contributed by atoms with Crippen LogP contribution in [0.2, 0.25) is 0 Å². The lowest BCUT2D eigenvalue weighted by Gasteiger charge is -2.31. The molecule has 1 saturated heterocycles. The van der Waals surface area contributed by atoms with E-state index >= 15 is 0 Å². The van der Waals surface area contributed by atoms with E-state index in [1.54, 1.807) is 6.92 Å². The minimum Gasteiger partial charge on any atom is -0.479 e. The van der Waals surface area contributed by atoms with Gasteiger partial charge in [-0.1, -0.05) is 25.5 Å². The number of nitrogens with one attached hydrogen (secondary N) is 3. The highest BCUT2D eigenvalue weighted by atomic mass is 16.4. The van der Waals surface area contributed by atoms with Crippen LogP contribution in [0, 0.1) is 5.92 Å². The van der Waals surface area contributed by atoms with Crippen molar-refractivity contribution in [1.82, 2.24) is 20.9 Å². The maximum absolute atomic E-state index is 13.3. The zero-order valence-electron chi connectivity index (χ0n) is 18.9. The molecule has 0 bridgehead atoms. The van der Waals surface area contributed by atoms with Gasteiger partial charge in [-0.25, -0.2) is 9.59 Å². The van der Waals surface area contributed by atoms with Crippen LogP contribution >= 0.6 is 0 Å². The van der Waals surface area contributed by atoms with Gasteiger partial charge in [0.05, 0.1) is 0 Å². The van der Waals surface area contributed by atoms with Crippen molar-refractivity contribution in [2.45, 2.75) is 82.0 Å². The Morgan fingerprint density at radius 2 is 1.81 bits per heavy atom. The SMILES string of the molecule is C=C[C@@H]1C[C@]1(NC(=O)[C@@H]1CCCN1C(=O)[C@@H](NC(=O)NC1(C)CCCC1)C(=C)C)C(=O)O. The number of carboxylic acid groups (broad SMARTS) is 1. The van der Waals surface area contributed by atoms with E-state index in [-0.39, 0.29) is 17.9 Å². The van der Waals surface area contributed by atoms with Crippen LogP contribution in [0.5, 0.6) is 0 Å². The molecule has 2 saturated carbocycles. The first kappa shape index (κ1) is 23.8. The Bertz CT molecular complexity index is 834. The predicted octanol–water partition coefficient (Wildman–Crippen LogP) is 1.70. The molecule has 1 aliphatic heterocycles. The third-order valence-corrected chi connectivity index (χ3v) is 7.00. The first-order valence-electron chi connectivity index (χ1n) is 11.3. The number of amides is 4. The molecule has 0 aromatic rings. The average molecular weight is 447 g/mol. The number of hydrogen-bond donors (Lipinski definition) is 4. The molecule has 32 heavy (non-hydrogen) atoms. The molecule has 4 amide bonds. The lowest BCUT2D eigenvalue weighted by atomic mass is 10.0. The average Bonchev–Trinajstić information content (AvgIpc) is 3.04. The molecule has 3 fully saturated rings.